The quantitative estimate of drug-likeness (QED) is 0.727. The summed E-state index contributed by atoms with van der Waals surface area (Å²) < 4.78 is 0. The molecule has 2 aromatic rings. The van der Waals surface area contributed by atoms with Gasteiger partial charge in [-0.15, -0.1) is 11.3 Å². The number of carbonyl (C=O) groups is 1. The molecule has 0 saturated heterocycles. The van der Waals surface area contributed by atoms with Crippen molar-refractivity contribution in [2.45, 2.75) is 6.54 Å². The van der Waals surface area contributed by atoms with Gasteiger partial charge in [0, 0.05) is 23.0 Å². The maximum Gasteiger partial charge on any atom is 0.319 e. The van der Waals surface area contributed by atoms with E-state index in [4.69, 9.17) is 5.73 Å². The molecule has 0 bridgehead atoms. The summed E-state index contributed by atoms with van der Waals surface area (Å²) in [6, 6.07) is 6.75. The molecule has 0 aliphatic carbocycles. The molecule has 0 unspecified atom stereocenters. The van der Waals surface area contributed by atoms with Gasteiger partial charge in [-0.25, -0.2) is 9.78 Å². The topological polar surface area (TPSA) is 80.0 Å². The maximum atomic E-state index is 11.5. The summed E-state index contributed by atoms with van der Waals surface area (Å²) in [6.07, 6.45) is 1.71. The fourth-order valence-electron chi connectivity index (χ4n) is 1.29. The van der Waals surface area contributed by atoms with Crippen molar-refractivity contribution in [2.75, 3.05) is 11.1 Å². The highest BCUT2D eigenvalue weighted by atomic mass is 32.1. The normalized spacial score (nSPS) is 9.88. The van der Waals surface area contributed by atoms with Crippen LogP contribution in [0, 0.1) is 0 Å². The average Bonchev–Trinajstić information content (AvgIpc) is 2.79. The molecule has 0 atom stereocenters. The van der Waals surface area contributed by atoms with Crippen molar-refractivity contribution >= 4 is 28.7 Å². The van der Waals surface area contributed by atoms with Crippen LogP contribution in [0.5, 0.6) is 0 Å². The summed E-state index contributed by atoms with van der Waals surface area (Å²) in [5, 5.41) is 8.14. The third kappa shape index (κ3) is 3.46. The first-order chi connectivity index (χ1) is 8.24. The van der Waals surface area contributed by atoms with E-state index in [0.29, 0.717) is 17.9 Å². The Morgan fingerprint density at radius 2 is 2.35 bits per heavy atom. The molecule has 17 heavy (non-hydrogen) atoms. The molecule has 0 spiro atoms. The molecule has 6 heteroatoms. The van der Waals surface area contributed by atoms with Gasteiger partial charge in [0.05, 0.1) is 6.54 Å². The Hall–Kier alpha value is -2.08. The fraction of sp³-hybridized carbons (Fsp3) is 0.0909. The van der Waals surface area contributed by atoms with Gasteiger partial charge in [-0.3, -0.25) is 0 Å². The van der Waals surface area contributed by atoms with Gasteiger partial charge >= 0.3 is 6.03 Å². The number of anilines is 2. The number of nitrogen functional groups attached to an aromatic ring is 1. The minimum absolute atomic E-state index is 0.272. The Bertz CT molecular complexity index is 498. The number of nitrogens with zero attached hydrogens (tertiary/aromatic N) is 1. The summed E-state index contributed by atoms with van der Waals surface area (Å²) in [7, 11) is 0. The Kier molecular flexibility index (Phi) is 3.56. The molecule has 1 aromatic carbocycles. The van der Waals surface area contributed by atoms with Crippen LogP contribution in [0.2, 0.25) is 0 Å². The van der Waals surface area contributed by atoms with Crippen LogP contribution in [-0.2, 0) is 6.54 Å². The first kappa shape index (κ1) is 11.4. The Balaban J connectivity index is 1.85. The Labute approximate surface area is 103 Å². The van der Waals surface area contributed by atoms with Gasteiger partial charge < -0.3 is 16.4 Å². The van der Waals surface area contributed by atoms with E-state index in [0.717, 1.165) is 5.01 Å². The lowest BCUT2D eigenvalue weighted by atomic mass is 10.3. The van der Waals surface area contributed by atoms with E-state index in [1.807, 2.05) is 5.38 Å². The first-order valence-corrected chi connectivity index (χ1v) is 5.91. The van der Waals surface area contributed by atoms with Crippen LogP contribution in [0.1, 0.15) is 5.01 Å². The molecular weight excluding hydrogens is 236 g/mol. The first-order valence-electron chi connectivity index (χ1n) is 5.03. The summed E-state index contributed by atoms with van der Waals surface area (Å²) in [4.78, 5) is 15.6. The van der Waals surface area contributed by atoms with Gasteiger partial charge in [0.25, 0.3) is 0 Å². The van der Waals surface area contributed by atoms with E-state index in [-0.39, 0.29) is 6.03 Å². The van der Waals surface area contributed by atoms with Crippen LogP contribution in [0.3, 0.4) is 0 Å². The third-order valence-electron chi connectivity index (χ3n) is 2.03. The zero-order chi connectivity index (χ0) is 12.1. The largest absolute Gasteiger partial charge is 0.399 e. The van der Waals surface area contributed by atoms with Gasteiger partial charge in [-0.1, -0.05) is 6.07 Å². The number of aromatic nitrogens is 1. The number of nitrogens with two attached hydrogens (primary N) is 1. The highest BCUT2D eigenvalue weighted by molar-refractivity contribution is 7.09. The number of amides is 2. The minimum Gasteiger partial charge on any atom is -0.399 e. The fourth-order valence-corrected chi connectivity index (χ4v) is 1.84. The number of urea groups is 1. The Morgan fingerprint density at radius 1 is 1.47 bits per heavy atom. The second kappa shape index (κ2) is 5.31. The minimum atomic E-state index is -0.272. The smallest absolute Gasteiger partial charge is 0.319 e. The van der Waals surface area contributed by atoms with Crippen LogP contribution in [0.25, 0.3) is 0 Å². The summed E-state index contributed by atoms with van der Waals surface area (Å²) in [5.41, 5.74) is 6.89. The molecule has 0 radical (unpaired) electrons. The van der Waals surface area contributed by atoms with Crippen molar-refractivity contribution in [1.29, 1.82) is 0 Å². The monoisotopic (exact) mass is 248 g/mol. The van der Waals surface area contributed by atoms with E-state index >= 15 is 0 Å². The third-order valence-corrected chi connectivity index (χ3v) is 2.81. The summed E-state index contributed by atoms with van der Waals surface area (Å²) >= 11 is 1.50. The molecule has 2 amide bonds. The lowest BCUT2D eigenvalue weighted by Gasteiger charge is -2.06. The molecule has 88 valence electrons. The standard InChI is InChI=1S/C11H12N4OS/c12-8-2-1-3-9(6-8)15-11(16)14-7-10-13-4-5-17-10/h1-6H,7,12H2,(H2,14,15,16). The van der Waals surface area contributed by atoms with Gasteiger partial charge in [0.15, 0.2) is 0 Å². The molecule has 0 aliphatic heterocycles. The van der Waals surface area contributed by atoms with E-state index in [2.05, 4.69) is 15.6 Å². The van der Waals surface area contributed by atoms with E-state index in [9.17, 15) is 4.79 Å². The molecule has 0 fully saturated rings. The number of benzene rings is 1. The van der Waals surface area contributed by atoms with Crippen molar-refractivity contribution in [3.05, 3.63) is 40.8 Å². The predicted molar refractivity (Wildman–Crippen MR) is 68.8 cm³/mol. The number of rotatable bonds is 3. The number of hydrogen-bond acceptors (Lipinski definition) is 4. The summed E-state index contributed by atoms with van der Waals surface area (Å²) in [6.45, 7) is 0.422. The van der Waals surface area contributed by atoms with Crippen molar-refractivity contribution in [1.82, 2.24) is 10.3 Å². The molecule has 2 rings (SSSR count). The Morgan fingerprint density at radius 3 is 3.06 bits per heavy atom. The van der Waals surface area contributed by atoms with Crippen molar-refractivity contribution in [2.24, 2.45) is 0 Å². The van der Waals surface area contributed by atoms with Crippen LogP contribution < -0.4 is 16.4 Å². The van der Waals surface area contributed by atoms with Crippen LogP contribution in [0.4, 0.5) is 16.2 Å². The highest BCUT2D eigenvalue weighted by Gasteiger charge is 2.02. The van der Waals surface area contributed by atoms with Gasteiger partial charge in [0.1, 0.15) is 5.01 Å². The zero-order valence-electron chi connectivity index (χ0n) is 9.01. The van der Waals surface area contributed by atoms with Gasteiger partial charge in [-0.05, 0) is 18.2 Å². The van der Waals surface area contributed by atoms with E-state index in [1.165, 1.54) is 11.3 Å². The molecule has 0 aliphatic rings. The highest BCUT2D eigenvalue weighted by Crippen LogP contribution is 2.11. The molecular formula is C11H12N4OS. The molecule has 0 saturated carbocycles. The molecule has 1 aromatic heterocycles. The maximum absolute atomic E-state index is 11.5. The SMILES string of the molecule is Nc1cccc(NC(=O)NCc2nccs2)c1. The van der Waals surface area contributed by atoms with Gasteiger partial charge in [0.2, 0.25) is 0 Å². The summed E-state index contributed by atoms with van der Waals surface area (Å²) in [5.74, 6) is 0. The second-order valence-corrected chi connectivity index (χ2v) is 4.34. The average molecular weight is 248 g/mol. The molecule has 5 nitrogen and oxygen atoms in total. The number of hydrogen-bond donors (Lipinski definition) is 3. The number of nitrogens with one attached hydrogen (secondary N) is 2. The number of thiazole rings is 1. The van der Waals surface area contributed by atoms with Crippen LogP contribution in [0.15, 0.2) is 35.8 Å². The van der Waals surface area contributed by atoms with Crippen LogP contribution in [-0.4, -0.2) is 11.0 Å². The van der Waals surface area contributed by atoms with Crippen molar-refractivity contribution < 1.29 is 4.79 Å². The predicted octanol–water partition coefficient (Wildman–Crippen LogP) is 2.05. The molecule has 4 N–H and O–H groups in total. The van der Waals surface area contributed by atoms with E-state index in [1.54, 1.807) is 30.5 Å². The lowest BCUT2D eigenvalue weighted by molar-refractivity contribution is 0.251. The number of carbonyl (C=O) groups excluding carboxylic acids is 1. The lowest BCUT2D eigenvalue weighted by Crippen LogP contribution is -2.28. The van der Waals surface area contributed by atoms with E-state index < -0.39 is 0 Å². The zero-order valence-corrected chi connectivity index (χ0v) is 9.83. The van der Waals surface area contributed by atoms with Gasteiger partial charge in [-0.2, -0.15) is 0 Å². The second-order valence-electron chi connectivity index (χ2n) is 3.36. The van der Waals surface area contributed by atoms with Crippen molar-refractivity contribution in [3.63, 3.8) is 0 Å². The van der Waals surface area contributed by atoms with Crippen LogP contribution >= 0.6 is 11.3 Å². The van der Waals surface area contributed by atoms with Crippen molar-refractivity contribution in [3.8, 4) is 0 Å². The molecule has 1 heterocycles.